The molecule has 3 rings (SSSR count). The molecule has 7 heteroatoms. The van der Waals surface area contributed by atoms with E-state index in [2.05, 4.69) is 9.89 Å². The van der Waals surface area contributed by atoms with Crippen LogP contribution in [0.25, 0.3) is 0 Å². The van der Waals surface area contributed by atoms with E-state index in [4.69, 9.17) is 16.2 Å². The number of rotatable bonds is 4. The smallest absolute Gasteiger partial charge is 0.253 e. The Labute approximate surface area is 155 Å². The number of piperidine rings is 2. The van der Waals surface area contributed by atoms with Crippen molar-refractivity contribution in [2.75, 3.05) is 33.3 Å². The van der Waals surface area contributed by atoms with Crippen LogP contribution >= 0.6 is 0 Å². The van der Waals surface area contributed by atoms with Gasteiger partial charge in [0.15, 0.2) is 5.96 Å². The normalized spacial score (nSPS) is 19.2. The maximum atomic E-state index is 12.9. The van der Waals surface area contributed by atoms with E-state index >= 15 is 0 Å². The average molecular weight is 359 g/mol. The monoisotopic (exact) mass is 359 g/mol. The lowest BCUT2D eigenvalue weighted by Crippen LogP contribution is -2.48. The van der Waals surface area contributed by atoms with Crippen LogP contribution in [0.15, 0.2) is 23.2 Å². The van der Waals surface area contributed by atoms with Crippen LogP contribution in [-0.2, 0) is 0 Å². The molecule has 0 unspecified atom stereocenters. The molecule has 1 aromatic rings. The molecular formula is C19H29N5O2. The quantitative estimate of drug-likeness (QED) is 0.630. The molecule has 2 aliphatic heterocycles. The van der Waals surface area contributed by atoms with Crippen LogP contribution in [0.4, 0.5) is 5.69 Å². The van der Waals surface area contributed by atoms with Gasteiger partial charge in [-0.2, -0.15) is 0 Å². The highest BCUT2D eigenvalue weighted by atomic mass is 16.5. The highest BCUT2D eigenvalue weighted by molar-refractivity contribution is 5.95. The van der Waals surface area contributed by atoms with Crippen molar-refractivity contribution in [2.24, 2.45) is 16.5 Å². The predicted molar refractivity (Wildman–Crippen MR) is 103 cm³/mol. The van der Waals surface area contributed by atoms with E-state index < -0.39 is 0 Å². The van der Waals surface area contributed by atoms with Crippen molar-refractivity contribution in [3.8, 4) is 5.75 Å². The van der Waals surface area contributed by atoms with Gasteiger partial charge in [-0.1, -0.05) is 6.42 Å². The number of aliphatic imine (C=N–C) groups is 1. The Morgan fingerprint density at radius 3 is 2.42 bits per heavy atom. The van der Waals surface area contributed by atoms with Crippen molar-refractivity contribution in [3.05, 3.63) is 23.8 Å². The first kappa shape index (κ1) is 18.5. The van der Waals surface area contributed by atoms with Crippen LogP contribution in [-0.4, -0.2) is 61.0 Å². The third-order valence-corrected chi connectivity index (χ3v) is 5.33. The Hall–Kier alpha value is -2.28. The summed E-state index contributed by atoms with van der Waals surface area (Å²) >= 11 is 0. The largest absolute Gasteiger partial charge is 0.494 e. The number of likely N-dealkylation sites (tertiary alicyclic amines) is 2. The molecule has 2 heterocycles. The molecule has 26 heavy (non-hydrogen) atoms. The van der Waals surface area contributed by atoms with Gasteiger partial charge in [0, 0.05) is 24.7 Å². The van der Waals surface area contributed by atoms with Crippen LogP contribution in [0.3, 0.4) is 0 Å². The molecule has 0 saturated carbocycles. The zero-order valence-corrected chi connectivity index (χ0v) is 15.5. The number of hydrogen-bond acceptors (Lipinski definition) is 4. The number of guanidine groups is 1. The van der Waals surface area contributed by atoms with E-state index in [1.54, 1.807) is 25.3 Å². The molecule has 0 bridgehead atoms. The van der Waals surface area contributed by atoms with Crippen LogP contribution in [0.1, 0.15) is 42.5 Å². The first-order chi connectivity index (χ1) is 12.6. The minimum atomic E-state index is -0.0397. The van der Waals surface area contributed by atoms with E-state index in [0.29, 0.717) is 23.0 Å². The maximum absolute atomic E-state index is 12.9. The molecular weight excluding hydrogens is 330 g/mol. The topological polar surface area (TPSA) is 97.2 Å². The van der Waals surface area contributed by atoms with Crippen molar-refractivity contribution < 1.29 is 9.53 Å². The molecule has 0 aromatic heterocycles. The van der Waals surface area contributed by atoms with Gasteiger partial charge in [0.2, 0.25) is 0 Å². The zero-order valence-electron chi connectivity index (χ0n) is 15.5. The summed E-state index contributed by atoms with van der Waals surface area (Å²) in [6, 6.07) is 5.80. The lowest BCUT2D eigenvalue weighted by atomic mass is 9.99. The second kappa shape index (κ2) is 8.40. The molecule has 1 amide bonds. The minimum Gasteiger partial charge on any atom is -0.494 e. The Balaban J connectivity index is 1.64. The fraction of sp³-hybridized carbons (Fsp3) is 0.579. The molecule has 2 saturated heterocycles. The molecule has 4 N–H and O–H groups in total. The number of carbonyl (C=O) groups is 1. The maximum Gasteiger partial charge on any atom is 0.253 e. The Bertz CT molecular complexity index is 658. The third kappa shape index (κ3) is 4.27. The number of amides is 1. The highest BCUT2D eigenvalue weighted by Gasteiger charge is 2.28. The van der Waals surface area contributed by atoms with Gasteiger partial charge in [0.25, 0.3) is 5.91 Å². The van der Waals surface area contributed by atoms with Gasteiger partial charge in [-0.3, -0.25) is 4.79 Å². The fourth-order valence-corrected chi connectivity index (χ4v) is 3.94. The summed E-state index contributed by atoms with van der Waals surface area (Å²) in [7, 11) is 1.54. The number of ether oxygens (including phenoxy) is 1. The van der Waals surface area contributed by atoms with Crippen molar-refractivity contribution >= 4 is 17.6 Å². The number of benzene rings is 1. The summed E-state index contributed by atoms with van der Waals surface area (Å²) in [4.78, 5) is 21.4. The predicted octanol–water partition coefficient (Wildman–Crippen LogP) is 1.69. The first-order valence-electron chi connectivity index (χ1n) is 9.39. The molecule has 0 radical (unpaired) electrons. The van der Waals surface area contributed by atoms with Crippen LogP contribution in [0.5, 0.6) is 5.75 Å². The molecule has 0 atom stereocenters. The summed E-state index contributed by atoms with van der Waals surface area (Å²) in [5.41, 5.74) is 12.0. The number of carbonyl (C=O) groups excluding carboxylic acids is 1. The first-order valence-corrected chi connectivity index (χ1v) is 9.39. The van der Waals surface area contributed by atoms with Gasteiger partial charge in [-0.15, -0.1) is 0 Å². The fourth-order valence-electron chi connectivity index (χ4n) is 3.94. The summed E-state index contributed by atoms with van der Waals surface area (Å²) in [5.74, 6) is 0.492. The van der Waals surface area contributed by atoms with Crippen LogP contribution in [0.2, 0.25) is 0 Å². The summed E-state index contributed by atoms with van der Waals surface area (Å²) in [5, 5.41) is 0. The summed E-state index contributed by atoms with van der Waals surface area (Å²) in [6.45, 7) is 4.03. The third-order valence-electron chi connectivity index (χ3n) is 5.33. The summed E-state index contributed by atoms with van der Waals surface area (Å²) < 4.78 is 5.33. The lowest BCUT2D eigenvalue weighted by molar-refractivity contribution is 0.0589. The Kier molecular flexibility index (Phi) is 5.98. The van der Waals surface area contributed by atoms with Gasteiger partial charge >= 0.3 is 0 Å². The van der Waals surface area contributed by atoms with Crippen molar-refractivity contribution in [2.45, 2.75) is 38.1 Å². The minimum absolute atomic E-state index is 0.0386. The Morgan fingerprint density at radius 1 is 1.12 bits per heavy atom. The molecule has 0 spiro atoms. The van der Waals surface area contributed by atoms with Crippen LogP contribution < -0.4 is 16.2 Å². The van der Waals surface area contributed by atoms with E-state index in [0.717, 1.165) is 25.9 Å². The number of methoxy groups -OCH3 is 1. The van der Waals surface area contributed by atoms with E-state index in [-0.39, 0.29) is 11.9 Å². The SMILES string of the molecule is COc1cc(C(=O)N2CCC(N3CCCCC3)CC2)ccc1N=C(N)N. The van der Waals surface area contributed by atoms with Gasteiger partial charge in [-0.05, 0) is 57.0 Å². The molecule has 0 aliphatic carbocycles. The molecule has 1 aromatic carbocycles. The molecule has 7 nitrogen and oxygen atoms in total. The second-order valence-electron chi connectivity index (χ2n) is 7.04. The molecule has 2 aliphatic rings. The molecule has 2 fully saturated rings. The van der Waals surface area contributed by atoms with E-state index in [1.807, 2.05) is 4.90 Å². The van der Waals surface area contributed by atoms with Crippen molar-refractivity contribution in [1.29, 1.82) is 0 Å². The number of hydrogen-bond donors (Lipinski definition) is 2. The van der Waals surface area contributed by atoms with Gasteiger partial charge in [0.1, 0.15) is 11.4 Å². The highest BCUT2D eigenvalue weighted by Crippen LogP contribution is 2.29. The van der Waals surface area contributed by atoms with E-state index in [9.17, 15) is 4.79 Å². The number of nitrogens with zero attached hydrogens (tertiary/aromatic N) is 3. The van der Waals surface area contributed by atoms with E-state index in [1.165, 1.54) is 32.4 Å². The Morgan fingerprint density at radius 2 is 1.81 bits per heavy atom. The van der Waals surface area contributed by atoms with Gasteiger partial charge in [-0.25, -0.2) is 4.99 Å². The van der Waals surface area contributed by atoms with Gasteiger partial charge in [0.05, 0.1) is 7.11 Å². The zero-order chi connectivity index (χ0) is 18.5. The van der Waals surface area contributed by atoms with Crippen molar-refractivity contribution in [3.63, 3.8) is 0 Å². The molecule has 142 valence electrons. The average Bonchev–Trinajstić information content (AvgIpc) is 2.68. The van der Waals surface area contributed by atoms with Crippen LogP contribution in [0, 0.1) is 0 Å². The summed E-state index contributed by atoms with van der Waals surface area (Å²) in [6.07, 6.45) is 6.07. The standard InChI is InChI=1S/C19H29N5O2/c1-26-17-13-14(5-6-16(17)22-19(20)21)18(25)24-11-7-15(8-12-24)23-9-3-2-4-10-23/h5-6,13,15H,2-4,7-12H2,1H3,(H4,20,21,22). The lowest BCUT2D eigenvalue weighted by Gasteiger charge is -2.40. The second-order valence-corrected chi connectivity index (χ2v) is 7.04. The number of nitrogens with two attached hydrogens (primary N) is 2. The van der Waals surface area contributed by atoms with Gasteiger partial charge < -0.3 is 26.0 Å². The van der Waals surface area contributed by atoms with Crippen molar-refractivity contribution in [1.82, 2.24) is 9.80 Å².